The van der Waals surface area contributed by atoms with Crippen LogP contribution in [0, 0.1) is 0 Å². The van der Waals surface area contributed by atoms with Crippen molar-refractivity contribution in [3.8, 4) is 0 Å². The molecule has 0 bridgehead atoms. The molecule has 8 nitrogen and oxygen atoms in total. The van der Waals surface area contributed by atoms with Gasteiger partial charge >= 0.3 is 5.97 Å². The summed E-state index contributed by atoms with van der Waals surface area (Å²) in [4.78, 5) is 20.9. The number of likely N-dealkylation sites (N-methyl/N-ethyl adjacent to an activating group) is 1. The molecule has 0 N–H and O–H groups in total. The van der Waals surface area contributed by atoms with Gasteiger partial charge < -0.3 is 14.4 Å². The van der Waals surface area contributed by atoms with Crippen molar-refractivity contribution in [2.24, 2.45) is 0 Å². The standard InChI is InChI=1S/C14H21N3O5S/c1-9-8-11(17(3)4)12(22-10(2)18)13(21-9)23(19,20)14-15-6-5-7-16-14/h5-7,9,11-13H,8H2,1-4H3. The number of aromatic nitrogens is 2. The molecule has 1 aliphatic heterocycles. The zero-order chi connectivity index (χ0) is 17.2. The van der Waals surface area contributed by atoms with Gasteiger partial charge in [-0.15, -0.1) is 0 Å². The molecule has 1 aliphatic rings. The van der Waals surface area contributed by atoms with Crippen molar-refractivity contribution in [1.82, 2.24) is 14.9 Å². The number of carbonyl (C=O) groups is 1. The first kappa shape index (κ1) is 17.8. The lowest BCUT2D eigenvalue weighted by Gasteiger charge is -2.42. The van der Waals surface area contributed by atoms with Crippen LogP contribution in [0.15, 0.2) is 23.6 Å². The zero-order valence-corrected chi connectivity index (χ0v) is 14.4. The quantitative estimate of drug-likeness (QED) is 0.567. The van der Waals surface area contributed by atoms with Crippen molar-refractivity contribution in [3.05, 3.63) is 18.5 Å². The number of hydrogen-bond acceptors (Lipinski definition) is 8. The van der Waals surface area contributed by atoms with E-state index in [1.807, 2.05) is 19.0 Å². The van der Waals surface area contributed by atoms with E-state index in [2.05, 4.69) is 9.97 Å². The van der Waals surface area contributed by atoms with Crippen LogP contribution in [0.1, 0.15) is 20.3 Å². The Morgan fingerprint density at radius 1 is 1.35 bits per heavy atom. The summed E-state index contributed by atoms with van der Waals surface area (Å²) in [7, 11) is -0.390. The second-order valence-electron chi connectivity index (χ2n) is 5.73. The summed E-state index contributed by atoms with van der Waals surface area (Å²) in [6.07, 6.45) is 1.98. The van der Waals surface area contributed by atoms with E-state index < -0.39 is 27.3 Å². The molecule has 2 heterocycles. The number of rotatable bonds is 4. The number of hydrogen-bond donors (Lipinski definition) is 0. The third-order valence-electron chi connectivity index (χ3n) is 3.66. The fourth-order valence-corrected chi connectivity index (χ4v) is 4.18. The van der Waals surface area contributed by atoms with Crippen LogP contribution in [-0.4, -0.2) is 67.0 Å². The molecule has 0 spiro atoms. The van der Waals surface area contributed by atoms with E-state index in [-0.39, 0.29) is 17.3 Å². The maximum atomic E-state index is 12.8. The monoisotopic (exact) mass is 343 g/mol. The molecule has 9 heteroatoms. The van der Waals surface area contributed by atoms with Crippen LogP contribution < -0.4 is 0 Å². The van der Waals surface area contributed by atoms with Gasteiger partial charge in [-0.3, -0.25) is 4.79 Å². The molecule has 4 unspecified atom stereocenters. The van der Waals surface area contributed by atoms with Crippen molar-refractivity contribution in [2.75, 3.05) is 14.1 Å². The second kappa shape index (κ2) is 6.90. The lowest BCUT2D eigenvalue weighted by atomic mass is 10.0. The van der Waals surface area contributed by atoms with Crippen LogP contribution in [0.25, 0.3) is 0 Å². The van der Waals surface area contributed by atoms with E-state index in [1.54, 1.807) is 6.92 Å². The van der Waals surface area contributed by atoms with Gasteiger partial charge in [-0.2, -0.15) is 0 Å². The van der Waals surface area contributed by atoms with E-state index in [9.17, 15) is 13.2 Å². The first-order valence-corrected chi connectivity index (χ1v) is 8.78. The van der Waals surface area contributed by atoms with Gasteiger partial charge in [0.05, 0.1) is 12.1 Å². The van der Waals surface area contributed by atoms with Crippen molar-refractivity contribution in [1.29, 1.82) is 0 Å². The molecule has 4 atom stereocenters. The zero-order valence-electron chi connectivity index (χ0n) is 13.5. The first-order valence-electron chi connectivity index (χ1n) is 7.23. The minimum Gasteiger partial charge on any atom is -0.457 e. The molecule has 1 fully saturated rings. The molecule has 128 valence electrons. The van der Waals surface area contributed by atoms with Crippen molar-refractivity contribution in [3.63, 3.8) is 0 Å². The summed E-state index contributed by atoms with van der Waals surface area (Å²) >= 11 is 0. The third kappa shape index (κ3) is 3.85. The Labute approximate surface area is 135 Å². The Morgan fingerprint density at radius 2 is 1.96 bits per heavy atom. The summed E-state index contributed by atoms with van der Waals surface area (Å²) in [6.45, 7) is 3.03. The lowest BCUT2D eigenvalue weighted by molar-refractivity contribution is -0.168. The number of nitrogens with zero attached hydrogens (tertiary/aromatic N) is 3. The van der Waals surface area contributed by atoms with Crippen LogP contribution in [0.5, 0.6) is 0 Å². The first-order chi connectivity index (χ1) is 10.7. The van der Waals surface area contributed by atoms with Crippen molar-refractivity contribution < 1.29 is 22.7 Å². The SMILES string of the molecule is CC(=O)OC1C(N(C)C)CC(C)OC1S(=O)(=O)c1ncccn1. The Morgan fingerprint density at radius 3 is 2.48 bits per heavy atom. The van der Waals surface area contributed by atoms with Gasteiger partial charge in [0.25, 0.3) is 0 Å². The van der Waals surface area contributed by atoms with Crippen LogP contribution in [0.2, 0.25) is 0 Å². The van der Waals surface area contributed by atoms with Gasteiger partial charge in [0.15, 0.2) is 6.10 Å². The molecule has 1 aromatic rings. The van der Waals surface area contributed by atoms with Gasteiger partial charge in [0, 0.05) is 19.3 Å². The molecule has 2 rings (SSSR count). The number of esters is 1. The Balaban J connectivity index is 2.44. The molecule has 1 aromatic heterocycles. The average Bonchev–Trinajstić information content (AvgIpc) is 2.48. The molecular weight excluding hydrogens is 322 g/mol. The van der Waals surface area contributed by atoms with Gasteiger partial charge in [-0.1, -0.05) is 0 Å². The molecule has 0 amide bonds. The highest BCUT2D eigenvalue weighted by molar-refractivity contribution is 7.91. The molecule has 0 radical (unpaired) electrons. The maximum absolute atomic E-state index is 12.8. The second-order valence-corrected chi connectivity index (χ2v) is 7.65. The Bertz CT molecular complexity index is 650. The Hall–Kier alpha value is -1.58. The fraction of sp³-hybridized carbons (Fsp3) is 0.643. The number of ether oxygens (including phenoxy) is 2. The number of carbonyl (C=O) groups excluding carboxylic acids is 1. The van der Waals surface area contributed by atoms with E-state index in [1.165, 1.54) is 25.4 Å². The largest absolute Gasteiger partial charge is 0.457 e. The molecule has 0 aliphatic carbocycles. The van der Waals surface area contributed by atoms with E-state index in [4.69, 9.17) is 9.47 Å². The van der Waals surface area contributed by atoms with Crippen molar-refractivity contribution in [2.45, 2.75) is 49.1 Å². The van der Waals surface area contributed by atoms with Gasteiger partial charge in [0.1, 0.15) is 0 Å². The van der Waals surface area contributed by atoms with Gasteiger partial charge in [-0.25, -0.2) is 18.4 Å². The Kier molecular flexibility index (Phi) is 5.33. The maximum Gasteiger partial charge on any atom is 0.303 e. The molecule has 0 saturated carbocycles. The lowest BCUT2D eigenvalue weighted by Crippen LogP contribution is -2.57. The molecule has 23 heavy (non-hydrogen) atoms. The predicted molar refractivity (Wildman–Crippen MR) is 81.2 cm³/mol. The highest BCUT2D eigenvalue weighted by atomic mass is 32.2. The highest BCUT2D eigenvalue weighted by Crippen LogP contribution is 2.30. The molecule has 0 aromatic carbocycles. The van der Waals surface area contributed by atoms with E-state index >= 15 is 0 Å². The predicted octanol–water partition coefficient (Wildman–Crippen LogP) is 0.247. The molecular formula is C14H21N3O5S. The van der Waals surface area contributed by atoms with Crippen LogP contribution >= 0.6 is 0 Å². The summed E-state index contributed by atoms with van der Waals surface area (Å²) in [5.41, 5.74) is -1.34. The van der Waals surface area contributed by atoms with Crippen LogP contribution in [0.3, 0.4) is 0 Å². The van der Waals surface area contributed by atoms with Crippen molar-refractivity contribution >= 4 is 15.8 Å². The van der Waals surface area contributed by atoms with Crippen LogP contribution in [-0.2, 0) is 24.1 Å². The minimum atomic E-state index is -4.00. The summed E-state index contributed by atoms with van der Waals surface area (Å²) in [5, 5.41) is -0.339. The minimum absolute atomic E-state index is 0.286. The van der Waals surface area contributed by atoms with Crippen LogP contribution in [0.4, 0.5) is 0 Å². The third-order valence-corrected chi connectivity index (χ3v) is 5.37. The van der Waals surface area contributed by atoms with Gasteiger partial charge in [0.2, 0.25) is 20.4 Å². The molecule has 1 saturated heterocycles. The fourth-order valence-electron chi connectivity index (χ4n) is 2.63. The average molecular weight is 343 g/mol. The topological polar surface area (TPSA) is 98.7 Å². The van der Waals surface area contributed by atoms with E-state index in [0.717, 1.165) is 0 Å². The summed E-state index contributed by atoms with van der Waals surface area (Å²) in [5.74, 6) is -0.561. The number of sulfone groups is 1. The van der Waals surface area contributed by atoms with Gasteiger partial charge in [-0.05, 0) is 33.5 Å². The summed E-state index contributed by atoms with van der Waals surface area (Å²) in [6, 6.07) is 1.24. The van der Waals surface area contributed by atoms with E-state index in [0.29, 0.717) is 6.42 Å². The summed E-state index contributed by atoms with van der Waals surface area (Å²) < 4.78 is 36.6. The normalized spacial score (nSPS) is 28.6. The smallest absolute Gasteiger partial charge is 0.303 e. The highest BCUT2D eigenvalue weighted by Gasteiger charge is 2.48.